The molecule has 8 heteroatoms. The van der Waals surface area contributed by atoms with Crippen LogP contribution < -0.4 is 5.56 Å². The van der Waals surface area contributed by atoms with Crippen LogP contribution in [0.15, 0.2) is 46.1 Å². The molecule has 0 spiro atoms. The number of nitrogens with zero attached hydrogens (tertiary/aromatic N) is 4. The molecule has 28 heavy (non-hydrogen) atoms. The molecule has 8 nitrogen and oxygen atoms in total. The molecule has 0 aliphatic carbocycles. The van der Waals surface area contributed by atoms with Crippen LogP contribution in [-0.4, -0.2) is 26.5 Å². The van der Waals surface area contributed by atoms with Gasteiger partial charge in [-0.05, 0) is 26.0 Å². The third kappa shape index (κ3) is 2.65. The van der Waals surface area contributed by atoms with E-state index in [-0.39, 0.29) is 35.6 Å². The Labute approximate surface area is 159 Å². The minimum absolute atomic E-state index is 0.0840. The Morgan fingerprint density at radius 3 is 2.96 bits per heavy atom. The van der Waals surface area contributed by atoms with E-state index in [4.69, 9.17) is 9.15 Å². The van der Waals surface area contributed by atoms with Gasteiger partial charge in [-0.2, -0.15) is 5.26 Å². The molecule has 0 saturated heterocycles. The van der Waals surface area contributed by atoms with Crippen LogP contribution in [0, 0.1) is 18.3 Å². The van der Waals surface area contributed by atoms with Crippen LogP contribution in [0.5, 0.6) is 0 Å². The van der Waals surface area contributed by atoms with Gasteiger partial charge >= 0.3 is 5.97 Å². The van der Waals surface area contributed by atoms with E-state index < -0.39 is 11.5 Å². The van der Waals surface area contributed by atoms with E-state index in [0.717, 1.165) is 5.52 Å². The molecule has 0 radical (unpaired) electrons. The summed E-state index contributed by atoms with van der Waals surface area (Å²) in [4.78, 5) is 29.5. The number of fused-ring (bicyclic) bond motifs is 2. The van der Waals surface area contributed by atoms with Gasteiger partial charge in [0, 0.05) is 18.0 Å². The lowest BCUT2D eigenvalue weighted by Crippen LogP contribution is -2.22. The Hall–Kier alpha value is -3.86. The second-order valence-electron chi connectivity index (χ2n) is 6.25. The Kier molecular flexibility index (Phi) is 4.20. The van der Waals surface area contributed by atoms with Crippen LogP contribution in [0.4, 0.5) is 0 Å². The predicted molar refractivity (Wildman–Crippen MR) is 100 cm³/mol. The van der Waals surface area contributed by atoms with Crippen LogP contribution in [0.1, 0.15) is 34.2 Å². The molecular formula is C20H16N4O4. The fourth-order valence-electron chi connectivity index (χ4n) is 3.31. The van der Waals surface area contributed by atoms with Gasteiger partial charge in [0.1, 0.15) is 29.1 Å². The first-order chi connectivity index (χ1) is 13.5. The molecule has 0 bridgehead atoms. The van der Waals surface area contributed by atoms with Crippen molar-refractivity contribution in [1.82, 2.24) is 14.0 Å². The number of carbonyl (C=O) groups excluding carboxylic acids is 1. The summed E-state index contributed by atoms with van der Waals surface area (Å²) in [6, 6.07) is 7.74. The van der Waals surface area contributed by atoms with Crippen molar-refractivity contribution in [3.8, 4) is 6.07 Å². The normalized spacial score (nSPS) is 11.0. The van der Waals surface area contributed by atoms with Gasteiger partial charge in [-0.1, -0.05) is 6.07 Å². The molecule has 140 valence electrons. The van der Waals surface area contributed by atoms with Crippen molar-refractivity contribution in [2.75, 3.05) is 6.61 Å². The van der Waals surface area contributed by atoms with Crippen molar-refractivity contribution in [2.45, 2.75) is 20.4 Å². The van der Waals surface area contributed by atoms with Crippen molar-refractivity contribution in [2.24, 2.45) is 0 Å². The van der Waals surface area contributed by atoms with Crippen LogP contribution >= 0.6 is 0 Å². The lowest BCUT2D eigenvalue weighted by atomic mass is 10.1. The fourth-order valence-corrected chi connectivity index (χ4v) is 3.31. The lowest BCUT2D eigenvalue weighted by Gasteiger charge is -2.05. The highest BCUT2D eigenvalue weighted by Crippen LogP contribution is 2.23. The molecule has 0 amide bonds. The number of aromatic nitrogens is 3. The summed E-state index contributed by atoms with van der Waals surface area (Å²) in [5, 5.41) is 9.65. The van der Waals surface area contributed by atoms with Gasteiger partial charge < -0.3 is 13.6 Å². The van der Waals surface area contributed by atoms with E-state index in [2.05, 4.69) is 11.1 Å². The maximum absolute atomic E-state index is 13.1. The van der Waals surface area contributed by atoms with E-state index in [1.54, 1.807) is 20.0 Å². The highest BCUT2D eigenvalue weighted by Gasteiger charge is 2.24. The molecule has 0 fully saturated rings. The van der Waals surface area contributed by atoms with Crippen molar-refractivity contribution in [3.63, 3.8) is 0 Å². The third-order valence-corrected chi connectivity index (χ3v) is 4.55. The first-order valence-corrected chi connectivity index (χ1v) is 8.69. The van der Waals surface area contributed by atoms with Gasteiger partial charge in [0.05, 0.1) is 24.2 Å². The summed E-state index contributed by atoms with van der Waals surface area (Å²) in [5.74, 6) is -0.342. The molecule has 0 unspecified atom stereocenters. The van der Waals surface area contributed by atoms with Crippen LogP contribution in [0.25, 0.3) is 16.6 Å². The van der Waals surface area contributed by atoms with Gasteiger partial charge in [-0.3, -0.25) is 9.36 Å². The Bertz CT molecular complexity index is 1320. The minimum atomic E-state index is -0.622. The second kappa shape index (κ2) is 6.70. The number of hydrogen-bond donors (Lipinski definition) is 0. The smallest absolute Gasteiger partial charge is 0.342 e. The summed E-state index contributed by atoms with van der Waals surface area (Å²) in [6.45, 7) is 3.60. The number of aryl methyl sites for hydroxylation is 1. The molecule has 4 aromatic heterocycles. The number of nitriles is 1. The molecule has 4 aromatic rings. The lowest BCUT2D eigenvalue weighted by molar-refractivity contribution is 0.0526. The molecule has 0 atom stereocenters. The number of ether oxygens (including phenoxy) is 1. The van der Waals surface area contributed by atoms with Crippen LogP contribution in [0.3, 0.4) is 0 Å². The molecule has 0 saturated carbocycles. The van der Waals surface area contributed by atoms with E-state index in [1.165, 1.54) is 10.9 Å². The fraction of sp³-hybridized carbons (Fsp3) is 0.200. The number of carbonyl (C=O) groups is 1. The zero-order chi connectivity index (χ0) is 19.8. The molecular weight excluding hydrogens is 360 g/mol. The number of esters is 1. The molecule has 0 N–H and O–H groups in total. The van der Waals surface area contributed by atoms with E-state index >= 15 is 0 Å². The van der Waals surface area contributed by atoms with E-state index in [1.807, 2.05) is 28.8 Å². The molecule has 0 aliphatic heterocycles. The SMILES string of the molecule is CCOC(=O)c1c(C)oc2ncn(Cc3cn4ccccc4c3C#N)c(=O)c12. The summed E-state index contributed by atoms with van der Waals surface area (Å²) in [5.41, 5.74) is 1.67. The maximum Gasteiger partial charge on any atom is 0.342 e. The number of furan rings is 1. The van der Waals surface area contributed by atoms with Crippen molar-refractivity contribution >= 4 is 22.6 Å². The van der Waals surface area contributed by atoms with Crippen molar-refractivity contribution in [3.05, 3.63) is 69.7 Å². The number of rotatable bonds is 4. The Morgan fingerprint density at radius 2 is 2.21 bits per heavy atom. The zero-order valence-electron chi connectivity index (χ0n) is 15.3. The second-order valence-corrected chi connectivity index (χ2v) is 6.25. The Morgan fingerprint density at radius 1 is 1.39 bits per heavy atom. The van der Waals surface area contributed by atoms with Crippen LogP contribution in [0.2, 0.25) is 0 Å². The van der Waals surface area contributed by atoms with Gasteiger partial charge in [-0.15, -0.1) is 0 Å². The van der Waals surface area contributed by atoms with E-state index in [9.17, 15) is 14.9 Å². The van der Waals surface area contributed by atoms with Gasteiger partial charge in [0.15, 0.2) is 0 Å². The number of pyridine rings is 1. The molecule has 4 heterocycles. The number of hydrogen-bond acceptors (Lipinski definition) is 6. The highest BCUT2D eigenvalue weighted by atomic mass is 16.5. The maximum atomic E-state index is 13.1. The van der Waals surface area contributed by atoms with Crippen LogP contribution in [-0.2, 0) is 11.3 Å². The monoisotopic (exact) mass is 376 g/mol. The van der Waals surface area contributed by atoms with Crippen molar-refractivity contribution < 1.29 is 13.9 Å². The largest absolute Gasteiger partial charge is 0.462 e. The average Bonchev–Trinajstić information content (AvgIpc) is 3.21. The Balaban J connectivity index is 1.86. The standard InChI is InChI=1S/C20H16N4O4/c1-3-27-20(26)16-12(2)28-18-17(16)19(25)24(11-22-18)10-13-9-23-7-5-4-6-15(23)14(13)8-21/h4-7,9,11H,3,10H2,1-2H3. The van der Waals surface area contributed by atoms with Crippen molar-refractivity contribution in [1.29, 1.82) is 5.26 Å². The predicted octanol–water partition coefficient (Wildman–Crippen LogP) is 2.65. The molecule has 0 aliphatic rings. The topological polar surface area (TPSA) is 103 Å². The molecule has 4 rings (SSSR count). The zero-order valence-corrected chi connectivity index (χ0v) is 15.3. The molecule has 0 aromatic carbocycles. The van der Waals surface area contributed by atoms with E-state index in [0.29, 0.717) is 11.1 Å². The first-order valence-electron chi connectivity index (χ1n) is 8.69. The minimum Gasteiger partial charge on any atom is -0.462 e. The summed E-state index contributed by atoms with van der Waals surface area (Å²) in [7, 11) is 0. The first kappa shape index (κ1) is 17.5. The summed E-state index contributed by atoms with van der Waals surface area (Å²) >= 11 is 0. The summed E-state index contributed by atoms with van der Waals surface area (Å²) < 4.78 is 13.7. The van der Waals surface area contributed by atoms with Gasteiger partial charge in [0.25, 0.3) is 5.56 Å². The van der Waals surface area contributed by atoms with Gasteiger partial charge in [-0.25, -0.2) is 9.78 Å². The van der Waals surface area contributed by atoms with Gasteiger partial charge in [0.2, 0.25) is 5.71 Å². The average molecular weight is 376 g/mol. The third-order valence-electron chi connectivity index (χ3n) is 4.55. The summed E-state index contributed by atoms with van der Waals surface area (Å²) in [6.07, 6.45) is 4.99. The quantitative estimate of drug-likeness (QED) is 0.507. The highest BCUT2D eigenvalue weighted by molar-refractivity contribution is 6.03.